The van der Waals surface area contributed by atoms with E-state index in [4.69, 9.17) is 9.97 Å². The molecular weight excluding hydrogens is 402 g/mol. The largest absolute Gasteiger partial charge is 0.310 e. The fraction of sp³-hybridized carbons (Fsp3) is 0.400. The van der Waals surface area contributed by atoms with Crippen LogP contribution >= 0.6 is 11.8 Å². The van der Waals surface area contributed by atoms with E-state index in [0.29, 0.717) is 5.41 Å². The van der Waals surface area contributed by atoms with Gasteiger partial charge in [0.25, 0.3) is 0 Å². The zero-order valence-electron chi connectivity index (χ0n) is 18.1. The maximum Gasteiger partial charge on any atom is 0.229 e. The number of nitrogens with zero attached hydrogens (tertiary/aromatic N) is 4. The molecular formula is C25H27N5S. The third kappa shape index (κ3) is 3.15. The van der Waals surface area contributed by atoms with Crippen molar-refractivity contribution in [3.8, 4) is 11.3 Å². The lowest BCUT2D eigenvalue weighted by Crippen LogP contribution is -2.24. The molecule has 31 heavy (non-hydrogen) atoms. The molecule has 5 nitrogen and oxygen atoms in total. The highest BCUT2D eigenvalue weighted by Gasteiger charge is 2.52. The number of hydrogen-bond donors (Lipinski definition) is 1. The molecule has 1 N–H and O–H groups in total. The standard InChI is InChI=1S/C25H27N5S/c1-3-31-19-4-5-20-22(13-19)30(16-24(20)7-8-24)23-28-14-17(15-29-23)21-12-18(6-11-27-21)25(26-2)9-10-25/h4-6,11-15,26H,3,7-10,16H2,1-2H3. The molecule has 0 bridgehead atoms. The summed E-state index contributed by atoms with van der Waals surface area (Å²) in [5.74, 6) is 1.87. The lowest BCUT2D eigenvalue weighted by atomic mass is 9.99. The van der Waals surface area contributed by atoms with Crippen molar-refractivity contribution in [3.63, 3.8) is 0 Å². The molecule has 6 rings (SSSR count). The van der Waals surface area contributed by atoms with Gasteiger partial charge >= 0.3 is 0 Å². The predicted molar refractivity (Wildman–Crippen MR) is 126 cm³/mol. The molecule has 0 amide bonds. The number of fused-ring (bicyclic) bond motifs is 2. The van der Waals surface area contributed by atoms with E-state index in [0.717, 1.165) is 29.5 Å². The van der Waals surface area contributed by atoms with E-state index in [2.05, 4.69) is 52.5 Å². The third-order valence-electron chi connectivity index (χ3n) is 7.17. The van der Waals surface area contributed by atoms with Gasteiger partial charge in [0.1, 0.15) is 0 Å². The number of rotatable bonds is 6. The Morgan fingerprint density at radius 1 is 1.03 bits per heavy atom. The maximum absolute atomic E-state index is 4.78. The molecule has 0 saturated heterocycles. The van der Waals surface area contributed by atoms with Gasteiger partial charge in [-0.3, -0.25) is 4.98 Å². The Bertz CT molecular complexity index is 1130. The number of hydrogen-bond acceptors (Lipinski definition) is 6. The molecule has 1 aliphatic heterocycles. The minimum Gasteiger partial charge on any atom is -0.310 e. The average molecular weight is 430 g/mol. The van der Waals surface area contributed by atoms with Gasteiger partial charge in [0, 0.05) is 52.2 Å². The van der Waals surface area contributed by atoms with Crippen molar-refractivity contribution in [2.45, 2.75) is 48.5 Å². The van der Waals surface area contributed by atoms with Crippen molar-refractivity contribution >= 4 is 23.4 Å². The molecule has 2 aliphatic carbocycles. The first-order valence-electron chi connectivity index (χ1n) is 11.2. The van der Waals surface area contributed by atoms with Crippen LogP contribution in [0.2, 0.25) is 0 Å². The summed E-state index contributed by atoms with van der Waals surface area (Å²) >= 11 is 1.89. The second-order valence-corrected chi connectivity index (χ2v) is 10.3. The average Bonchev–Trinajstić information content (AvgIpc) is 3.73. The van der Waals surface area contributed by atoms with Crippen LogP contribution in [0.1, 0.15) is 43.7 Å². The van der Waals surface area contributed by atoms with Crippen LogP contribution in [0, 0.1) is 0 Å². The molecule has 3 aliphatic rings. The molecule has 158 valence electrons. The van der Waals surface area contributed by atoms with Gasteiger partial charge in [-0.25, -0.2) is 9.97 Å². The number of anilines is 2. The molecule has 0 atom stereocenters. The smallest absolute Gasteiger partial charge is 0.229 e. The Balaban J connectivity index is 1.31. The fourth-order valence-corrected chi connectivity index (χ4v) is 5.65. The Hall–Kier alpha value is -2.44. The molecule has 1 aromatic carbocycles. The summed E-state index contributed by atoms with van der Waals surface area (Å²) in [7, 11) is 2.04. The van der Waals surface area contributed by atoms with Gasteiger partial charge in [-0.1, -0.05) is 13.0 Å². The Kier molecular flexibility index (Phi) is 4.37. The summed E-state index contributed by atoms with van der Waals surface area (Å²) in [6.45, 7) is 3.19. The topological polar surface area (TPSA) is 53.9 Å². The molecule has 3 heterocycles. The zero-order valence-corrected chi connectivity index (χ0v) is 18.9. The number of aromatic nitrogens is 3. The summed E-state index contributed by atoms with van der Waals surface area (Å²) in [5.41, 5.74) is 6.40. The summed E-state index contributed by atoms with van der Waals surface area (Å²) in [6.07, 6.45) is 10.6. The monoisotopic (exact) mass is 429 g/mol. The summed E-state index contributed by atoms with van der Waals surface area (Å²) in [6, 6.07) is 11.2. The van der Waals surface area contributed by atoms with Crippen molar-refractivity contribution in [2.24, 2.45) is 0 Å². The van der Waals surface area contributed by atoms with E-state index in [1.54, 1.807) is 0 Å². The molecule has 1 spiro atoms. The quantitative estimate of drug-likeness (QED) is 0.554. The van der Waals surface area contributed by atoms with Gasteiger partial charge in [-0.2, -0.15) is 0 Å². The van der Waals surface area contributed by atoms with Crippen LogP contribution in [0.15, 0.2) is 53.8 Å². The number of thioether (sulfide) groups is 1. The summed E-state index contributed by atoms with van der Waals surface area (Å²) in [5, 5.41) is 3.46. The highest BCUT2D eigenvalue weighted by Crippen LogP contribution is 2.58. The van der Waals surface area contributed by atoms with Crippen LogP contribution in [0.25, 0.3) is 11.3 Å². The van der Waals surface area contributed by atoms with Crippen molar-refractivity contribution < 1.29 is 0 Å². The molecule has 2 aromatic heterocycles. The number of benzene rings is 1. The van der Waals surface area contributed by atoms with Crippen LogP contribution in [0.3, 0.4) is 0 Å². The lowest BCUT2D eigenvalue weighted by molar-refractivity contribution is 0.585. The van der Waals surface area contributed by atoms with Crippen molar-refractivity contribution in [1.29, 1.82) is 0 Å². The normalized spacial score (nSPS) is 19.5. The fourth-order valence-electron chi connectivity index (χ4n) is 4.96. The minimum atomic E-state index is 0.130. The van der Waals surface area contributed by atoms with E-state index in [1.807, 2.05) is 37.4 Å². The number of pyridine rings is 1. The summed E-state index contributed by atoms with van der Waals surface area (Å²) < 4.78 is 0. The highest BCUT2D eigenvalue weighted by atomic mass is 32.2. The second-order valence-electron chi connectivity index (χ2n) is 9.01. The van der Waals surface area contributed by atoms with E-state index < -0.39 is 0 Å². The van der Waals surface area contributed by atoms with Gasteiger partial charge in [0.2, 0.25) is 5.95 Å². The second kappa shape index (κ2) is 7.04. The SMILES string of the molecule is CCSc1ccc2c(c1)N(c1ncc(-c3cc(C4(NC)CC4)ccn3)cn1)CC21CC1. The van der Waals surface area contributed by atoms with Gasteiger partial charge in [0.15, 0.2) is 0 Å². The highest BCUT2D eigenvalue weighted by molar-refractivity contribution is 7.99. The Labute approximate surface area is 187 Å². The van der Waals surface area contributed by atoms with Crippen molar-refractivity contribution in [1.82, 2.24) is 20.3 Å². The van der Waals surface area contributed by atoms with Gasteiger partial charge < -0.3 is 10.2 Å². The van der Waals surface area contributed by atoms with Crippen LogP contribution in [-0.4, -0.2) is 34.3 Å². The summed E-state index contributed by atoms with van der Waals surface area (Å²) in [4.78, 5) is 17.8. The zero-order chi connectivity index (χ0) is 21.1. The van der Waals surface area contributed by atoms with Crippen molar-refractivity contribution in [2.75, 3.05) is 24.2 Å². The molecule has 3 aromatic rings. The minimum absolute atomic E-state index is 0.130. The lowest BCUT2D eigenvalue weighted by Gasteiger charge is -2.18. The Morgan fingerprint density at radius 3 is 2.52 bits per heavy atom. The van der Waals surface area contributed by atoms with Gasteiger partial charge in [0.05, 0.1) is 5.69 Å². The van der Waals surface area contributed by atoms with Crippen LogP contribution in [0.4, 0.5) is 11.6 Å². The van der Waals surface area contributed by atoms with Crippen molar-refractivity contribution in [3.05, 3.63) is 60.0 Å². The first-order valence-corrected chi connectivity index (χ1v) is 12.2. The van der Waals surface area contributed by atoms with Crippen LogP contribution in [-0.2, 0) is 11.0 Å². The predicted octanol–water partition coefficient (Wildman–Crippen LogP) is 5.04. The Morgan fingerprint density at radius 2 is 1.84 bits per heavy atom. The molecule has 0 radical (unpaired) electrons. The van der Waals surface area contributed by atoms with Gasteiger partial charge in [-0.15, -0.1) is 11.8 Å². The van der Waals surface area contributed by atoms with E-state index in [-0.39, 0.29) is 5.54 Å². The van der Waals surface area contributed by atoms with Crippen LogP contribution < -0.4 is 10.2 Å². The van der Waals surface area contributed by atoms with Crippen LogP contribution in [0.5, 0.6) is 0 Å². The molecule has 0 unspecified atom stereocenters. The molecule has 6 heteroatoms. The maximum atomic E-state index is 4.78. The first-order chi connectivity index (χ1) is 15.2. The first kappa shape index (κ1) is 19.3. The number of nitrogens with one attached hydrogen (secondary N) is 1. The van der Waals surface area contributed by atoms with E-state index in [9.17, 15) is 0 Å². The molecule has 2 fully saturated rings. The van der Waals surface area contributed by atoms with Gasteiger partial charge in [-0.05, 0) is 73.9 Å². The van der Waals surface area contributed by atoms with E-state index >= 15 is 0 Å². The van der Waals surface area contributed by atoms with E-state index in [1.165, 1.54) is 47.4 Å². The third-order valence-corrected chi connectivity index (χ3v) is 8.05. The molecule has 2 saturated carbocycles.